The zero-order valence-corrected chi connectivity index (χ0v) is 8.50. The summed E-state index contributed by atoms with van der Waals surface area (Å²) in [6.07, 6.45) is 5.75. The van der Waals surface area contributed by atoms with Crippen molar-refractivity contribution in [2.75, 3.05) is 0 Å². The first-order valence-corrected chi connectivity index (χ1v) is 5.15. The van der Waals surface area contributed by atoms with Crippen LogP contribution in [0.5, 0.6) is 0 Å². The van der Waals surface area contributed by atoms with E-state index in [2.05, 4.69) is 19.1 Å². The van der Waals surface area contributed by atoms with E-state index in [1.54, 1.807) is 0 Å². The van der Waals surface area contributed by atoms with E-state index in [1.807, 2.05) is 18.2 Å². The van der Waals surface area contributed by atoms with Crippen LogP contribution in [0.4, 0.5) is 0 Å². The van der Waals surface area contributed by atoms with Crippen LogP contribution in [0.2, 0.25) is 0 Å². The Balaban J connectivity index is 2.39. The van der Waals surface area contributed by atoms with Crippen LogP contribution in [0, 0.1) is 18.3 Å². The SMILES string of the molecule is [CH2]CCCCCc1cccc(C#N)c1. The molecule has 0 amide bonds. The number of aryl methyl sites for hydroxylation is 1. The third-order valence-electron chi connectivity index (χ3n) is 2.27. The highest BCUT2D eigenvalue weighted by atomic mass is 14.2. The molecule has 1 aromatic rings. The van der Waals surface area contributed by atoms with Gasteiger partial charge in [-0.05, 0) is 30.5 Å². The number of hydrogen-bond donors (Lipinski definition) is 0. The molecule has 1 radical (unpaired) electrons. The number of unbranched alkanes of at least 4 members (excludes halogenated alkanes) is 3. The maximum Gasteiger partial charge on any atom is 0.0991 e. The molecule has 1 heteroatoms. The van der Waals surface area contributed by atoms with Crippen molar-refractivity contribution in [3.05, 3.63) is 42.3 Å². The fourth-order valence-electron chi connectivity index (χ4n) is 1.48. The molecule has 1 aromatic carbocycles. The molecule has 1 nitrogen and oxygen atoms in total. The van der Waals surface area contributed by atoms with Gasteiger partial charge in [-0.3, -0.25) is 0 Å². The number of benzene rings is 1. The second-order valence-electron chi connectivity index (χ2n) is 3.48. The highest BCUT2D eigenvalue weighted by molar-refractivity contribution is 5.32. The van der Waals surface area contributed by atoms with Gasteiger partial charge in [0.1, 0.15) is 0 Å². The minimum atomic E-state index is 0.764. The zero-order chi connectivity index (χ0) is 10.2. The Morgan fingerprint density at radius 3 is 2.79 bits per heavy atom. The van der Waals surface area contributed by atoms with Crippen molar-refractivity contribution in [3.63, 3.8) is 0 Å². The molecule has 14 heavy (non-hydrogen) atoms. The Kier molecular flexibility index (Phi) is 4.78. The van der Waals surface area contributed by atoms with Crippen LogP contribution in [0.15, 0.2) is 24.3 Å². The molecule has 0 saturated carbocycles. The normalized spacial score (nSPS) is 9.71. The standard InChI is InChI=1S/C13H16N/c1-2-3-4-5-7-12-8-6-9-13(10-12)11-14/h6,8-10H,1-5,7H2. The second kappa shape index (κ2) is 6.21. The molecule has 0 aromatic heterocycles. The van der Waals surface area contributed by atoms with Gasteiger partial charge in [-0.25, -0.2) is 0 Å². The number of hydrogen-bond acceptors (Lipinski definition) is 1. The Morgan fingerprint density at radius 1 is 1.21 bits per heavy atom. The minimum absolute atomic E-state index is 0.764. The third kappa shape index (κ3) is 3.62. The summed E-state index contributed by atoms with van der Waals surface area (Å²) in [5.41, 5.74) is 2.03. The molecule has 0 unspecified atom stereocenters. The second-order valence-corrected chi connectivity index (χ2v) is 3.48. The van der Waals surface area contributed by atoms with Crippen LogP contribution >= 0.6 is 0 Å². The molecule has 0 N–H and O–H groups in total. The average Bonchev–Trinajstić information content (AvgIpc) is 2.25. The van der Waals surface area contributed by atoms with Crippen molar-refractivity contribution >= 4 is 0 Å². The molecule has 1 rings (SSSR count). The van der Waals surface area contributed by atoms with Crippen LogP contribution in [0.3, 0.4) is 0 Å². The van der Waals surface area contributed by atoms with Crippen LogP contribution in [0.25, 0.3) is 0 Å². The van der Waals surface area contributed by atoms with Crippen molar-refractivity contribution in [2.24, 2.45) is 0 Å². The van der Waals surface area contributed by atoms with E-state index < -0.39 is 0 Å². The lowest BCUT2D eigenvalue weighted by atomic mass is 10.0. The van der Waals surface area contributed by atoms with Crippen LogP contribution in [-0.4, -0.2) is 0 Å². The van der Waals surface area contributed by atoms with Crippen LogP contribution in [0.1, 0.15) is 36.8 Å². The number of nitrogens with zero attached hydrogens (tertiary/aromatic N) is 1. The van der Waals surface area contributed by atoms with Crippen LogP contribution in [-0.2, 0) is 6.42 Å². The molecule has 0 saturated heterocycles. The molecule has 0 fully saturated rings. The number of nitriles is 1. The lowest BCUT2D eigenvalue weighted by molar-refractivity contribution is 0.686. The predicted molar refractivity (Wildman–Crippen MR) is 58.7 cm³/mol. The molecule has 0 atom stereocenters. The van der Waals surface area contributed by atoms with Gasteiger partial charge in [-0.2, -0.15) is 5.26 Å². The van der Waals surface area contributed by atoms with Gasteiger partial charge in [0.25, 0.3) is 0 Å². The summed E-state index contributed by atoms with van der Waals surface area (Å²) in [5, 5.41) is 8.71. The third-order valence-corrected chi connectivity index (χ3v) is 2.27. The summed E-state index contributed by atoms with van der Waals surface area (Å²) in [4.78, 5) is 0. The molecule has 0 bridgehead atoms. The maximum absolute atomic E-state index is 8.71. The Bertz CT molecular complexity index is 309. The first-order valence-electron chi connectivity index (χ1n) is 5.15. The lowest BCUT2D eigenvalue weighted by Crippen LogP contribution is -1.86. The molecule has 0 aliphatic heterocycles. The molecular formula is C13H16N. The van der Waals surface area contributed by atoms with Crippen molar-refractivity contribution in [2.45, 2.75) is 32.1 Å². The van der Waals surface area contributed by atoms with Crippen molar-refractivity contribution < 1.29 is 0 Å². The van der Waals surface area contributed by atoms with E-state index in [9.17, 15) is 0 Å². The summed E-state index contributed by atoms with van der Waals surface area (Å²) in [5.74, 6) is 0. The summed E-state index contributed by atoms with van der Waals surface area (Å²) in [7, 11) is 0. The molecule has 0 aliphatic rings. The van der Waals surface area contributed by atoms with E-state index in [-0.39, 0.29) is 0 Å². The van der Waals surface area contributed by atoms with E-state index >= 15 is 0 Å². The minimum Gasteiger partial charge on any atom is -0.192 e. The van der Waals surface area contributed by atoms with Gasteiger partial charge in [0, 0.05) is 0 Å². The first-order chi connectivity index (χ1) is 6.86. The smallest absolute Gasteiger partial charge is 0.0991 e. The monoisotopic (exact) mass is 186 g/mol. The van der Waals surface area contributed by atoms with Crippen molar-refractivity contribution in [1.29, 1.82) is 5.26 Å². The molecule has 0 aliphatic carbocycles. The van der Waals surface area contributed by atoms with Crippen LogP contribution < -0.4 is 0 Å². The lowest BCUT2D eigenvalue weighted by Gasteiger charge is -2.00. The Morgan fingerprint density at radius 2 is 2.07 bits per heavy atom. The van der Waals surface area contributed by atoms with Gasteiger partial charge in [0.2, 0.25) is 0 Å². The topological polar surface area (TPSA) is 23.8 Å². The van der Waals surface area contributed by atoms with E-state index in [0.717, 1.165) is 18.4 Å². The average molecular weight is 186 g/mol. The fourth-order valence-corrected chi connectivity index (χ4v) is 1.48. The molecular weight excluding hydrogens is 170 g/mol. The van der Waals surface area contributed by atoms with E-state index in [4.69, 9.17) is 5.26 Å². The van der Waals surface area contributed by atoms with E-state index in [0.29, 0.717) is 0 Å². The zero-order valence-electron chi connectivity index (χ0n) is 8.50. The summed E-state index contributed by atoms with van der Waals surface area (Å²) >= 11 is 0. The van der Waals surface area contributed by atoms with E-state index in [1.165, 1.54) is 24.8 Å². The highest BCUT2D eigenvalue weighted by Crippen LogP contribution is 2.09. The quantitative estimate of drug-likeness (QED) is 0.646. The fraction of sp³-hybridized carbons (Fsp3) is 0.385. The van der Waals surface area contributed by atoms with Gasteiger partial charge in [-0.1, -0.05) is 38.3 Å². The molecule has 0 spiro atoms. The highest BCUT2D eigenvalue weighted by Gasteiger charge is 1.95. The number of rotatable bonds is 5. The Labute approximate surface area is 86.4 Å². The van der Waals surface area contributed by atoms with Gasteiger partial charge in [-0.15, -0.1) is 0 Å². The van der Waals surface area contributed by atoms with Crippen molar-refractivity contribution in [1.82, 2.24) is 0 Å². The predicted octanol–water partition coefficient (Wildman–Crippen LogP) is 3.50. The van der Waals surface area contributed by atoms with Crippen molar-refractivity contribution in [3.8, 4) is 6.07 Å². The maximum atomic E-state index is 8.71. The largest absolute Gasteiger partial charge is 0.192 e. The van der Waals surface area contributed by atoms with Gasteiger partial charge >= 0.3 is 0 Å². The molecule has 73 valence electrons. The molecule has 0 heterocycles. The summed E-state index contributed by atoms with van der Waals surface area (Å²) < 4.78 is 0. The summed E-state index contributed by atoms with van der Waals surface area (Å²) in [6.45, 7) is 3.81. The van der Waals surface area contributed by atoms with Gasteiger partial charge < -0.3 is 0 Å². The Hall–Kier alpha value is -1.29. The van der Waals surface area contributed by atoms with Gasteiger partial charge in [0.05, 0.1) is 11.6 Å². The first kappa shape index (κ1) is 10.8. The summed E-state index contributed by atoms with van der Waals surface area (Å²) in [6, 6.07) is 10.0. The van der Waals surface area contributed by atoms with Gasteiger partial charge in [0.15, 0.2) is 0 Å².